The van der Waals surface area contributed by atoms with Crippen molar-refractivity contribution >= 4 is 50.1 Å². The number of carbonyl (C=O) groups excluding carboxylic acids is 1. The van der Waals surface area contributed by atoms with Crippen LogP contribution in [0, 0.1) is 23.7 Å². The maximum atomic E-state index is 13.2. The second kappa shape index (κ2) is 11.7. The molecular weight excluding hydrogens is 617 g/mol. The number of fused-ring (bicyclic) bond motifs is 2. The molecule has 4 aromatic rings. The summed E-state index contributed by atoms with van der Waals surface area (Å²) < 4.78 is 47.1. The van der Waals surface area contributed by atoms with E-state index in [9.17, 15) is 23.2 Å². The van der Waals surface area contributed by atoms with E-state index in [0.717, 1.165) is 73.4 Å². The quantitative estimate of drug-likeness (QED) is 0.299. The first kappa shape index (κ1) is 30.7. The molecule has 46 heavy (non-hydrogen) atoms. The molecule has 242 valence electrons. The SMILES string of the molecule is CNc1nc(N2CCC3(CCN(Cc4ccc5c(cc(C#N)n5C[C@@H]5CNC(=O)CO5)c4C)C3)C2)c2cc(CC(F)(F)F)sc2n1. The summed E-state index contributed by atoms with van der Waals surface area (Å²) in [6, 6.07) is 10.1. The van der Waals surface area contributed by atoms with Crippen molar-refractivity contribution in [2.75, 3.05) is 56.6 Å². The molecule has 14 heteroatoms. The van der Waals surface area contributed by atoms with E-state index >= 15 is 0 Å². The number of halogens is 3. The largest absolute Gasteiger partial charge is 0.393 e. The number of rotatable bonds is 7. The van der Waals surface area contributed by atoms with Gasteiger partial charge in [-0.25, -0.2) is 4.98 Å². The van der Waals surface area contributed by atoms with Gasteiger partial charge in [-0.2, -0.15) is 23.4 Å². The third kappa shape index (κ3) is 5.87. The Balaban J connectivity index is 1.07. The number of likely N-dealkylation sites (tertiary alicyclic amines) is 1. The van der Waals surface area contributed by atoms with Gasteiger partial charge in [-0.15, -0.1) is 11.3 Å². The number of nitrogens with zero attached hydrogens (tertiary/aromatic N) is 6. The van der Waals surface area contributed by atoms with E-state index in [1.165, 1.54) is 5.56 Å². The molecule has 0 saturated carbocycles. The Hall–Kier alpha value is -3.93. The van der Waals surface area contributed by atoms with Crippen LogP contribution in [0.2, 0.25) is 0 Å². The number of aryl methyl sites for hydroxylation is 1. The van der Waals surface area contributed by atoms with Crippen LogP contribution in [0.15, 0.2) is 24.3 Å². The van der Waals surface area contributed by atoms with E-state index in [1.807, 2.05) is 10.6 Å². The highest BCUT2D eigenvalue weighted by Crippen LogP contribution is 2.44. The zero-order chi connectivity index (χ0) is 32.2. The number of carbonyl (C=O) groups is 1. The molecule has 7 rings (SSSR count). The number of alkyl halides is 3. The van der Waals surface area contributed by atoms with E-state index in [4.69, 9.17) is 9.72 Å². The lowest BCUT2D eigenvalue weighted by molar-refractivity contribution is -0.133. The molecule has 3 aliphatic rings. The fourth-order valence-corrected chi connectivity index (χ4v) is 8.33. The zero-order valence-electron chi connectivity index (χ0n) is 25.7. The van der Waals surface area contributed by atoms with Crippen molar-refractivity contribution in [2.24, 2.45) is 5.41 Å². The predicted molar refractivity (Wildman–Crippen MR) is 170 cm³/mol. The standard InChI is InChI=1S/C32H35F3N8O2S/c1-19-20(3-4-26-24(19)9-21(12-36)43(26)15-22-13-38-27(44)16-45-22)14-41-7-5-31(17-41)6-8-42(18-31)28-25-10-23(11-32(33,34)35)46-29(25)40-30(37-2)39-28/h3-4,9-10,22H,5-8,11,13-18H2,1-2H3,(H,38,44)(H,37,39,40)/t22-,31?/m0/s1. The van der Waals surface area contributed by atoms with Gasteiger partial charge in [0.1, 0.15) is 29.0 Å². The molecule has 1 spiro atoms. The summed E-state index contributed by atoms with van der Waals surface area (Å²) in [7, 11) is 1.72. The minimum absolute atomic E-state index is 0.0290. The van der Waals surface area contributed by atoms with Crippen LogP contribution in [0.5, 0.6) is 0 Å². The van der Waals surface area contributed by atoms with E-state index in [2.05, 4.69) is 50.5 Å². The molecule has 6 heterocycles. The van der Waals surface area contributed by atoms with Crippen LogP contribution in [-0.4, -0.2) is 84.0 Å². The molecule has 2 atom stereocenters. The number of benzene rings is 1. The lowest BCUT2D eigenvalue weighted by Crippen LogP contribution is -2.44. The summed E-state index contributed by atoms with van der Waals surface area (Å²) in [4.78, 5) is 26.2. The Morgan fingerprint density at radius 3 is 2.76 bits per heavy atom. The van der Waals surface area contributed by atoms with Gasteiger partial charge in [-0.1, -0.05) is 6.07 Å². The molecule has 0 bridgehead atoms. The lowest BCUT2D eigenvalue weighted by atomic mass is 9.86. The fraction of sp³-hybridized carbons (Fsp3) is 0.500. The number of amides is 1. The van der Waals surface area contributed by atoms with Gasteiger partial charge in [0.15, 0.2) is 0 Å². The summed E-state index contributed by atoms with van der Waals surface area (Å²) in [6.45, 7) is 7.29. The van der Waals surface area contributed by atoms with E-state index in [0.29, 0.717) is 40.8 Å². The number of anilines is 2. The molecule has 1 amide bonds. The second-order valence-corrected chi connectivity index (χ2v) is 13.9. The third-order valence-electron chi connectivity index (χ3n) is 9.62. The van der Waals surface area contributed by atoms with E-state index in [1.54, 1.807) is 13.1 Å². The summed E-state index contributed by atoms with van der Waals surface area (Å²) in [6.07, 6.45) is -3.42. The summed E-state index contributed by atoms with van der Waals surface area (Å²) >= 11 is 1.08. The molecule has 10 nitrogen and oxygen atoms in total. The highest BCUT2D eigenvalue weighted by atomic mass is 32.1. The van der Waals surface area contributed by atoms with Crippen LogP contribution in [0.3, 0.4) is 0 Å². The van der Waals surface area contributed by atoms with Crippen molar-refractivity contribution in [3.05, 3.63) is 46.0 Å². The molecule has 3 saturated heterocycles. The predicted octanol–water partition coefficient (Wildman–Crippen LogP) is 4.59. The molecule has 1 aromatic carbocycles. The summed E-state index contributed by atoms with van der Waals surface area (Å²) in [5.74, 6) is 0.988. The van der Waals surface area contributed by atoms with Gasteiger partial charge in [0.05, 0.1) is 24.5 Å². The first-order valence-corrected chi connectivity index (χ1v) is 16.3. The second-order valence-electron chi connectivity index (χ2n) is 12.7. The van der Waals surface area contributed by atoms with Crippen molar-refractivity contribution < 1.29 is 22.7 Å². The smallest absolute Gasteiger partial charge is 0.365 e. The van der Waals surface area contributed by atoms with Gasteiger partial charge in [0, 0.05) is 61.0 Å². The van der Waals surface area contributed by atoms with Crippen LogP contribution in [0.25, 0.3) is 21.1 Å². The number of hydrogen-bond acceptors (Lipinski definition) is 9. The molecule has 0 aliphatic carbocycles. The van der Waals surface area contributed by atoms with Gasteiger partial charge < -0.3 is 24.8 Å². The van der Waals surface area contributed by atoms with E-state index in [-0.39, 0.29) is 28.9 Å². The topological polar surface area (TPSA) is 111 Å². The van der Waals surface area contributed by atoms with Crippen LogP contribution in [-0.2, 0) is 29.0 Å². The number of nitrogens with one attached hydrogen (secondary N) is 2. The summed E-state index contributed by atoms with van der Waals surface area (Å²) in [5, 5.41) is 17.4. The number of nitriles is 1. The van der Waals surface area contributed by atoms with Gasteiger partial charge in [0.2, 0.25) is 11.9 Å². The van der Waals surface area contributed by atoms with Crippen LogP contribution in [0.4, 0.5) is 24.9 Å². The Morgan fingerprint density at radius 1 is 1.20 bits per heavy atom. The maximum Gasteiger partial charge on any atom is 0.393 e. The van der Waals surface area contributed by atoms with Crippen molar-refractivity contribution in [1.82, 2.24) is 24.8 Å². The average Bonchev–Trinajstić information content (AvgIpc) is 3.80. The van der Waals surface area contributed by atoms with Gasteiger partial charge in [-0.05, 0) is 55.6 Å². The van der Waals surface area contributed by atoms with Gasteiger partial charge in [-0.3, -0.25) is 9.69 Å². The Kier molecular flexibility index (Phi) is 7.81. The van der Waals surface area contributed by atoms with Crippen molar-refractivity contribution in [3.8, 4) is 6.07 Å². The molecule has 3 aromatic heterocycles. The normalized spacial score (nSPS) is 22.3. The number of morpholine rings is 1. The lowest BCUT2D eigenvalue weighted by Gasteiger charge is -2.26. The number of thiophene rings is 1. The Morgan fingerprint density at radius 2 is 2.02 bits per heavy atom. The van der Waals surface area contributed by atoms with Crippen LogP contribution in [0.1, 0.15) is 34.5 Å². The van der Waals surface area contributed by atoms with Gasteiger partial charge in [0.25, 0.3) is 0 Å². The molecule has 0 radical (unpaired) electrons. The highest BCUT2D eigenvalue weighted by Gasteiger charge is 2.44. The fourth-order valence-electron chi connectivity index (χ4n) is 7.28. The Labute approximate surface area is 268 Å². The van der Waals surface area contributed by atoms with E-state index < -0.39 is 12.6 Å². The molecule has 3 aliphatic heterocycles. The van der Waals surface area contributed by atoms with Gasteiger partial charge >= 0.3 is 6.18 Å². The van der Waals surface area contributed by atoms with Crippen LogP contribution >= 0.6 is 11.3 Å². The molecule has 3 fully saturated rings. The van der Waals surface area contributed by atoms with Crippen LogP contribution < -0.4 is 15.5 Å². The number of hydrogen-bond donors (Lipinski definition) is 2. The van der Waals surface area contributed by atoms with Crippen molar-refractivity contribution in [1.29, 1.82) is 5.26 Å². The summed E-state index contributed by atoms with van der Waals surface area (Å²) in [5.41, 5.74) is 3.99. The average molecular weight is 653 g/mol. The Bertz CT molecular complexity index is 1850. The minimum Gasteiger partial charge on any atom is -0.365 e. The van der Waals surface area contributed by atoms with Crippen molar-refractivity contribution in [3.63, 3.8) is 0 Å². The number of ether oxygens (including phenoxy) is 1. The van der Waals surface area contributed by atoms with Crippen molar-refractivity contribution in [2.45, 2.75) is 51.6 Å². The maximum absolute atomic E-state index is 13.2. The zero-order valence-corrected chi connectivity index (χ0v) is 26.5. The minimum atomic E-state index is -4.28. The molecule has 1 unspecified atom stereocenters. The first-order chi connectivity index (χ1) is 22.0. The first-order valence-electron chi connectivity index (χ1n) is 15.5. The third-order valence-corrected chi connectivity index (χ3v) is 10.6. The molecular formula is C32H35F3N8O2S. The molecule has 2 N–H and O–H groups in total. The highest BCUT2D eigenvalue weighted by molar-refractivity contribution is 7.18. The number of aromatic nitrogens is 3. The monoisotopic (exact) mass is 652 g/mol.